The van der Waals surface area contributed by atoms with Gasteiger partial charge in [0.1, 0.15) is 5.69 Å². The van der Waals surface area contributed by atoms with Crippen LogP contribution in [0.25, 0.3) is 11.6 Å². The second kappa shape index (κ2) is 11.3. The van der Waals surface area contributed by atoms with Gasteiger partial charge in [-0.05, 0) is 36.8 Å². The molecule has 2 aromatic heterocycles. The van der Waals surface area contributed by atoms with E-state index >= 15 is 0 Å². The minimum absolute atomic E-state index is 0. The lowest BCUT2D eigenvalue weighted by molar-refractivity contribution is 0.250. The van der Waals surface area contributed by atoms with Crippen LogP contribution in [0.4, 0.5) is 0 Å². The minimum Gasteiger partial charge on any atom is -0.356 e. The third-order valence-corrected chi connectivity index (χ3v) is 5.22. The van der Waals surface area contributed by atoms with Crippen LogP contribution in [0.5, 0.6) is 0 Å². The average Bonchev–Trinajstić information content (AvgIpc) is 3.16. The first kappa shape index (κ1) is 22.6. The van der Waals surface area contributed by atoms with Crippen molar-refractivity contribution in [3.05, 3.63) is 30.2 Å². The van der Waals surface area contributed by atoms with Gasteiger partial charge in [0.05, 0.1) is 0 Å². The Hall–Kier alpha value is -1.71. The summed E-state index contributed by atoms with van der Waals surface area (Å²) in [5, 5.41) is 7.44. The highest BCUT2D eigenvalue weighted by Crippen LogP contribution is 2.28. The molecule has 0 aromatic carbocycles. The number of rotatable bonds is 6. The number of aromatic nitrogens is 3. The molecule has 0 spiro atoms. The zero-order chi connectivity index (χ0) is 19.1. The van der Waals surface area contributed by atoms with Crippen molar-refractivity contribution in [2.75, 3.05) is 27.2 Å². The molecule has 1 N–H and O–H groups in total. The number of nitrogens with one attached hydrogen (secondary N) is 1. The van der Waals surface area contributed by atoms with Crippen LogP contribution in [-0.2, 0) is 6.42 Å². The van der Waals surface area contributed by atoms with Crippen molar-refractivity contribution in [2.24, 2.45) is 16.8 Å². The predicted octanol–water partition coefficient (Wildman–Crippen LogP) is 3.63. The monoisotopic (exact) mass is 498 g/mol. The Labute approximate surface area is 184 Å². The molecule has 1 aliphatic rings. The van der Waals surface area contributed by atoms with Crippen LogP contribution in [0.2, 0.25) is 0 Å². The lowest BCUT2D eigenvalue weighted by atomic mass is 9.83. The second-order valence-electron chi connectivity index (χ2n) is 7.46. The van der Waals surface area contributed by atoms with E-state index in [4.69, 9.17) is 4.52 Å². The first-order chi connectivity index (χ1) is 13.2. The molecule has 2 aromatic rings. The summed E-state index contributed by atoms with van der Waals surface area (Å²) in [7, 11) is 3.94. The highest BCUT2D eigenvalue weighted by atomic mass is 127. The first-order valence-corrected chi connectivity index (χ1v) is 9.81. The summed E-state index contributed by atoms with van der Waals surface area (Å²) in [5.74, 6) is 3.70. The van der Waals surface area contributed by atoms with Gasteiger partial charge in [-0.3, -0.25) is 9.98 Å². The van der Waals surface area contributed by atoms with Crippen LogP contribution in [0, 0.1) is 11.8 Å². The van der Waals surface area contributed by atoms with Gasteiger partial charge in [0.2, 0.25) is 0 Å². The summed E-state index contributed by atoms with van der Waals surface area (Å²) in [5.41, 5.74) is 0.696. The normalized spacial score (nSPS) is 19.8. The molecule has 0 amide bonds. The van der Waals surface area contributed by atoms with Crippen molar-refractivity contribution in [1.82, 2.24) is 25.3 Å². The second-order valence-corrected chi connectivity index (χ2v) is 7.46. The lowest BCUT2D eigenvalue weighted by Gasteiger charge is -2.31. The molecule has 0 aliphatic heterocycles. The zero-order valence-electron chi connectivity index (χ0n) is 17.0. The summed E-state index contributed by atoms with van der Waals surface area (Å²) < 4.78 is 5.30. The van der Waals surface area contributed by atoms with E-state index in [-0.39, 0.29) is 24.0 Å². The van der Waals surface area contributed by atoms with Crippen molar-refractivity contribution < 1.29 is 4.52 Å². The maximum Gasteiger partial charge on any atom is 0.276 e. The standard InChI is InChI=1S/C20H30N6O.HI/c1-15-7-9-16(10-8-15)14-26(3)20(21-2)23-13-11-18-24-19(27-25-18)17-6-4-5-12-22-17;/h4-6,12,15-16H,7-11,13-14H2,1-3H3,(H,21,23);1H. The van der Waals surface area contributed by atoms with E-state index in [1.165, 1.54) is 25.7 Å². The zero-order valence-corrected chi connectivity index (χ0v) is 19.3. The molecule has 8 heteroatoms. The molecule has 154 valence electrons. The van der Waals surface area contributed by atoms with Crippen molar-refractivity contribution in [3.63, 3.8) is 0 Å². The number of hydrogen-bond donors (Lipinski definition) is 1. The molecule has 1 aliphatic carbocycles. The van der Waals surface area contributed by atoms with Gasteiger partial charge in [-0.15, -0.1) is 24.0 Å². The molecular weight excluding hydrogens is 467 g/mol. The topological polar surface area (TPSA) is 79.4 Å². The highest BCUT2D eigenvalue weighted by molar-refractivity contribution is 14.0. The summed E-state index contributed by atoms with van der Waals surface area (Å²) in [6, 6.07) is 5.62. The fourth-order valence-electron chi connectivity index (χ4n) is 3.61. The molecule has 0 atom stereocenters. The minimum atomic E-state index is 0. The van der Waals surface area contributed by atoms with Crippen LogP contribution in [-0.4, -0.2) is 53.2 Å². The van der Waals surface area contributed by atoms with Gasteiger partial charge in [-0.2, -0.15) is 4.98 Å². The number of aliphatic imine (C=N–C) groups is 1. The molecule has 7 nitrogen and oxygen atoms in total. The molecule has 0 unspecified atom stereocenters. The fraction of sp³-hybridized carbons (Fsp3) is 0.600. The Kier molecular flexibility index (Phi) is 9.14. The number of guanidine groups is 1. The van der Waals surface area contributed by atoms with Crippen LogP contribution < -0.4 is 5.32 Å². The van der Waals surface area contributed by atoms with Crippen molar-refractivity contribution in [3.8, 4) is 11.6 Å². The third kappa shape index (κ3) is 6.42. The highest BCUT2D eigenvalue weighted by Gasteiger charge is 2.20. The van der Waals surface area contributed by atoms with Crippen LogP contribution in [0.1, 0.15) is 38.4 Å². The Morgan fingerprint density at radius 1 is 1.29 bits per heavy atom. The van der Waals surface area contributed by atoms with E-state index in [9.17, 15) is 0 Å². The predicted molar refractivity (Wildman–Crippen MR) is 122 cm³/mol. The summed E-state index contributed by atoms with van der Waals surface area (Å²) >= 11 is 0. The summed E-state index contributed by atoms with van der Waals surface area (Å²) in [6.07, 6.45) is 7.73. The Morgan fingerprint density at radius 2 is 2.07 bits per heavy atom. The first-order valence-electron chi connectivity index (χ1n) is 9.81. The summed E-state index contributed by atoms with van der Waals surface area (Å²) in [4.78, 5) is 15.3. The number of nitrogens with zero attached hydrogens (tertiary/aromatic N) is 5. The van der Waals surface area contributed by atoms with Gasteiger partial charge in [0, 0.05) is 39.8 Å². The SMILES string of the molecule is CN=C(NCCc1noc(-c2ccccn2)n1)N(C)CC1CCC(C)CC1.I. The van der Waals surface area contributed by atoms with Gasteiger partial charge >= 0.3 is 0 Å². The van der Waals surface area contributed by atoms with E-state index in [0.717, 1.165) is 24.3 Å². The van der Waals surface area contributed by atoms with E-state index in [2.05, 4.69) is 44.3 Å². The van der Waals surface area contributed by atoms with Crippen molar-refractivity contribution in [2.45, 2.75) is 39.0 Å². The quantitative estimate of drug-likeness (QED) is 0.373. The van der Waals surface area contributed by atoms with Crippen molar-refractivity contribution in [1.29, 1.82) is 0 Å². The largest absolute Gasteiger partial charge is 0.356 e. The van der Waals surface area contributed by atoms with Gasteiger partial charge in [-0.1, -0.05) is 31.0 Å². The van der Waals surface area contributed by atoms with Gasteiger partial charge in [0.25, 0.3) is 5.89 Å². The smallest absolute Gasteiger partial charge is 0.276 e. The number of pyridine rings is 1. The Balaban J connectivity index is 0.00000280. The molecule has 3 rings (SSSR count). The van der Waals surface area contributed by atoms with E-state index in [1.807, 2.05) is 25.2 Å². The van der Waals surface area contributed by atoms with Crippen molar-refractivity contribution >= 4 is 29.9 Å². The molecular formula is C20H31IN6O. The van der Waals surface area contributed by atoms with Gasteiger partial charge < -0.3 is 14.7 Å². The molecule has 1 saturated carbocycles. The van der Waals surface area contributed by atoms with E-state index in [0.29, 0.717) is 30.4 Å². The van der Waals surface area contributed by atoms with Crippen LogP contribution in [0.15, 0.2) is 33.9 Å². The molecule has 2 heterocycles. The maximum absolute atomic E-state index is 5.30. The Morgan fingerprint density at radius 3 is 2.75 bits per heavy atom. The van der Waals surface area contributed by atoms with Gasteiger partial charge in [0.15, 0.2) is 11.8 Å². The number of hydrogen-bond acceptors (Lipinski definition) is 5. The molecule has 0 bridgehead atoms. The molecule has 1 fully saturated rings. The van der Waals surface area contributed by atoms with Gasteiger partial charge in [-0.25, -0.2) is 0 Å². The fourth-order valence-corrected chi connectivity index (χ4v) is 3.61. The van der Waals surface area contributed by atoms with Crippen LogP contribution >= 0.6 is 24.0 Å². The summed E-state index contributed by atoms with van der Waals surface area (Å²) in [6.45, 7) is 4.12. The van der Waals surface area contributed by atoms with Crippen LogP contribution in [0.3, 0.4) is 0 Å². The molecule has 0 radical (unpaired) electrons. The van der Waals surface area contributed by atoms with E-state index < -0.39 is 0 Å². The number of halogens is 1. The molecule has 28 heavy (non-hydrogen) atoms. The van der Waals surface area contributed by atoms with E-state index in [1.54, 1.807) is 6.20 Å². The molecule has 0 saturated heterocycles. The average molecular weight is 498 g/mol. The third-order valence-electron chi connectivity index (χ3n) is 5.22. The Bertz CT molecular complexity index is 727. The maximum atomic E-state index is 5.30. The lowest BCUT2D eigenvalue weighted by Crippen LogP contribution is -2.42.